The molecular weight excluding hydrogens is 206 g/mol. The van der Waals surface area contributed by atoms with E-state index in [0.29, 0.717) is 0 Å². The summed E-state index contributed by atoms with van der Waals surface area (Å²) < 4.78 is 0. The van der Waals surface area contributed by atoms with E-state index in [-0.39, 0.29) is 17.8 Å². The molecular formula is C13H22ClN. The van der Waals surface area contributed by atoms with Gasteiger partial charge in [-0.05, 0) is 18.5 Å². The second-order valence-electron chi connectivity index (χ2n) is 4.43. The van der Waals surface area contributed by atoms with Gasteiger partial charge in [0.05, 0.1) is 0 Å². The maximum Gasteiger partial charge on any atom is 0.00431 e. The highest BCUT2D eigenvalue weighted by atomic mass is 35.5. The molecule has 0 aromatic heterocycles. The van der Waals surface area contributed by atoms with Crippen LogP contribution in [0.15, 0.2) is 30.3 Å². The fourth-order valence-electron chi connectivity index (χ4n) is 1.57. The summed E-state index contributed by atoms with van der Waals surface area (Å²) >= 11 is 0. The highest BCUT2D eigenvalue weighted by Crippen LogP contribution is 2.21. The van der Waals surface area contributed by atoms with Crippen LogP contribution in [0.3, 0.4) is 0 Å². The lowest BCUT2D eigenvalue weighted by molar-refractivity contribution is 0.469. The van der Waals surface area contributed by atoms with Gasteiger partial charge in [0.15, 0.2) is 0 Å². The Bertz CT molecular complexity index is 256. The van der Waals surface area contributed by atoms with E-state index in [2.05, 4.69) is 56.4 Å². The van der Waals surface area contributed by atoms with E-state index < -0.39 is 0 Å². The van der Waals surface area contributed by atoms with Gasteiger partial charge in [0.2, 0.25) is 0 Å². The summed E-state index contributed by atoms with van der Waals surface area (Å²) in [7, 11) is 0. The normalized spacial score (nSPS) is 10.9. The fraction of sp³-hybridized carbons (Fsp3) is 0.538. The van der Waals surface area contributed by atoms with Crippen molar-refractivity contribution in [1.29, 1.82) is 0 Å². The van der Waals surface area contributed by atoms with Crippen LogP contribution < -0.4 is 5.32 Å². The van der Waals surface area contributed by atoms with E-state index in [0.717, 1.165) is 13.1 Å². The Morgan fingerprint density at radius 3 is 2.27 bits per heavy atom. The number of hydrogen-bond donors (Lipinski definition) is 1. The van der Waals surface area contributed by atoms with Gasteiger partial charge in [-0.25, -0.2) is 0 Å². The van der Waals surface area contributed by atoms with Crippen molar-refractivity contribution in [3.8, 4) is 0 Å². The number of rotatable bonds is 5. The summed E-state index contributed by atoms with van der Waals surface area (Å²) in [6.07, 6.45) is 1.20. The van der Waals surface area contributed by atoms with E-state index in [1.165, 1.54) is 12.0 Å². The minimum atomic E-state index is 0. The smallest absolute Gasteiger partial charge is 0.00431 e. The molecule has 0 heterocycles. The molecule has 0 aliphatic heterocycles. The molecule has 1 aromatic carbocycles. The first kappa shape index (κ1) is 14.5. The van der Waals surface area contributed by atoms with E-state index in [4.69, 9.17) is 0 Å². The lowest BCUT2D eigenvalue weighted by Gasteiger charge is -2.25. The molecule has 1 nitrogen and oxygen atoms in total. The first-order valence-electron chi connectivity index (χ1n) is 5.43. The van der Waals surface area contributed by atoms with Gasteiger partial charge in [-0.3, -0.25) is 0 Å². The molecule has 0 aliphatic rings. The molecule has 0 aliphatic carbocycles. The van der Waals surface area contributed by atoms with Crippen LogP contribution >= 0.6 is 12.4 Å². The first-order chi connectivity index (χ1) is 6.67. The Labute approximate surface area is 99.7 Å². The molecule has 15 heavy (non-hydrogen) atoms. The van der Waals surface area contributed by atoms with Crippen LogP contribution in [0.25, 0.3) is 0 Å². The molecule has 0 saturated heterocycles. The second-order valence-corrected chi connectivity index (χ2v) is 4.43. The van der Waals surface area contributed by atoms with E-state index >= 15 is 0 Å². The topological polar surface area (TPSA) is 12.0 Å². The van der Waals surface area contributed by atoms with Gasteiger partial charge in [-0.2, -0.15) is 0 Å². The minimum absolute atomic E-state index is 0. The maximum absolute atomic E-state index is 3.47. The van der Waals surface area contributed by atoms with E-state index in [1.54, 1.807) is 0 Å². The van der Waals surface area contributed by atoms with Crippen LogP contribution in [0.2, 0.25) is 0 Å². The molecule has 0 saturated carbocycles. The molecule has 0 radical (unpaired) electrons. The molecule has 86 valence electrons. The maximum atomic E-state index is 3.47. The first-order valence-corrected chi connectivity index (χ1v) is 5.43. The summed E-state index contributed by atoms with van der Waals surface area (Å²) in [4.78, 5) is 0. The zero-order valence-corrected chi connectivity index (χ0v) is 10.7. The molecule has 1 N–H and O–H groups in total. The van der Waals surface area contributed by atoms with Crippen LogP contribution in [0.4, 0.5) is 0 Å². The van der Waals surface area contributed by atoms with E-state index in [1.807, 2.05) is 0 Å². The highest BCUT2D eigenvalue weighted by Gasteiger charge is 2.18. The van der Waals surface area contributed by atoms with Crippen molar-refractivity contribution >= 4 is 12.4 Å². The zero-order chi connectivity index (χ0) is 10.4. The Morgan fingerprint density at radius 2 is 1.73 bits per heavy atom. The summed E-state index contributed by atoms with van der Waals surface area (Å²) in [5, 5.41) is 3.47. The number of benzene rings is 1. The third-order valence-corrected chi connectivity index (χ3v) is 2.55. The molecule has 0 spiro atoms. The van der Waals surface area contributed by atoms with Gasteiger partial charge in [0, 0.05) is 12.0 Å². The Balaban J connectivity index is 0.00000196. The van der Waals surface area contributed by atoms with Crippen LogP contribution in [0.5, 0.6) is 0 Å². The average Bonchev–Trinajstić information content (AvgIpc) is 2.19. The van der Waals surface area contributed by atoms with Gasteiger partial charge in [-0.15, -0.1) is 12.4 Å². The average molecular weight is 228 g/mol. The second kappa shape index (κ2) is 6.86. The van der Waals surface area contributed by atoms with E-state index in [9.17, 15) is 0 Å². The van der Waals surface area contributed by atoms with Gasteiger partial charge in [0.1, 0.15) is 0 Å². The molecule has 0 fully saturated rings. The lowest BCUT2D eigenvalue weighted by atomic mass is 9.84. The van der Waals surface area contributed by atoms with Gasteiger partial charge >= 0.3 is 0 Å². The standard InChI is InChI=1S/C13H21N.ClH/c1-4-10-14-11-13(2,3)12-8-6-5-7-9-12;/h5-9,14H,4,10-11H2,1-3H3;1H. The SMILES string of the molecule is CCCNCC(C)(C)c1ccccc1.Cl. The fourth-order valence-corrected chi connectivity index (χ4v) is 1.57. The van der Waals surface area contributed by atoms with Crippen LogP contribution in [-0.2, 0) is 5.41 Å². The van der Waals surface area contributed by atoms with Gasteiger partial charge in [-0.1, -0.05) is 51.1 Å². The van der Waals surface area contributed by atoms with Crippen molar-refractivity contribution in [2.24, 2.45) is 0 Å². The Hall–Kier alpha value is -0.530. The number of nitrogens with one attached hydrogen (secondary N) is 1. The van der Waals surface area contributed by atoms with Crippen molar-refractivity contribution in [3.05, 3.63) is 35.9 Å². The van der Waals surface area contributed by atoms with Crippen LogP contribution in [0, 0.1) is 0 Å². The minimum Gasteiger partial charge on any atom is -0.316 e. The molecule has 0 unspecified atom stereocenters. The van der Waals surface area contributed by atoms with Gasteiger partial charge in [0.25, 0.3) is 0 Å². The third kappa shape index (κ3) is 4.67. The van der Waals surface area contributed by atoms with Crippen LogP contribution in [-0.4, -0.2) is 13.1 Å². The molecule has 0 amide bonds. The number of halogens is 1. The Kier molecular flexibility index (Phi) is 6.62. The summed E-state index contributed by atoms with van der Waals surface area (Å²) in [6.45, 7) is 8.92. The van der Waals surface area contributed by atoms with Crippen molar-refractivity contribution < 1.29 is 0 Å². The predicted molar refractivity (Wildman–Crippen MR) is 69.9 cm³/mol. The number of hydrogen-bond acceptors (Lipinski definition) is 1. The van der Waals surface area contributed by atoms with Gasteiger partial charge < -0.3 is 5.32 Å². The molecule has 1 aromatic rings. The molecule has 2 heteroatoms. The summed E-state index contributed by atoms with van der Waals surface area (Å²) in [6, 6.07) is 10.7. The zero-order valence-electron chi connectivity index (χ0n) is 9.92. The third-order valence-electron chi connectivity index (χ3n) is 2.55. The van der Waals surface area contributed by atoms with Crippen molar-refractivity contribution in [3.63, 3.8) is 0 Å². The summed E-state index contributed by atoms with van der Waals surface area (Å²) in [5.74, 6) is 0. The van der Waals surface area contributed by atoms with Crippen LogP contribution in [0.1, 0.15) is 32.8 Å². The lowest BCUT2D eigenvalue weighted by Crippen LogP contribution is -2.33. The quantitative estimate of drug-likeness (QED) is 0.761. The monoisotopic (exact) mass is 227 g/mol. The summed E-state index contributed by atoms with van der Waals surface area (Å²) in [5.41, 5.74) is 1.64. The largest absolute Gasteiger partial charge is 0.316 e. The van der Waals surface area contributed by atoms with Crippen molar-refractivity contribution in [2.45, 2.75) is 32.6 Å². The highest BCUT2D eigenvalue weighted by molar-refractivity contribution is 5.85. The molecule has 1 rings (SSSR count). The van der Waals surface area contributed by atoms with Crippen molar-refractivity contribution in [2.75, 3.05) is 13.1 Å². The predicted octanol–water partition coefficient (Wildman–Crippen LogP) is 3.39. The molecule has 0 atom stereocenters. The Morgan fingerprint density at radius 1 is 1.13 bits per heavy atom. The molecule has 0 bridgehead atoms. The van der Waals surface area contributed by atoms with Crippen molar-refractivity contribution in [1.82, 2.24) is 5.32 Å².